The molecule has 1 aliphatic rings. The standard InChI is InChI=1S/C14H17ClN4O.ClH/c15-11-3-1-10(2-4-11)8-19(12-5-6-12)9-13-17-14(7-16)20-18-13;/h1-4,12H,5-9,16H2;1H. The van der Waals surface area contributed by atoms with Crippen molar-refractivity contribution in [3.8, 4) is 0 Å². The second kappa shape index (κ2) is 7.22. The van der Waals surface area contributed by atoms with Crippen LogP contribution < -0.4 is 5.73 Å². The highest BCUT2D eigenvalue weighted by Crippen LogP contribution is 2.29. The number of halogens is 2. The van der Waals surface area contributed by atoms with E-state index in [2.05, 4.69) is 27.2 Å². The third kappa shape index (κ3) is 4.41. The van der Waals surface area contributed by atoms with Crippen LogP contribution in [0.3, 0.4) is 0 Å². The molecule has 0 unspecified atom stereocenters. The van der Waals surface area contributed by atoms with Crippen LogP contribution in [0.2, 0.25) is 5.02 Å². The van der Waals surface area contributed by atoms with E-state index in [-0.39, 0.29) is 19.0 Å². The molecule has 21 heavy (non-hydrogen) atoms. The minimum atomic E-state index is 0. The lowest BCUT2D eigenvalue weighted by Crippen LogP contribution is -2.25. The number of nitrogens with zero attached hydrogens (tertiary/aromatic N) is 3. The predicted octanol–water partition coefficient (Wildman–Crippen LogP) is 2.77. The summed E-state index contributed by atoms with van der Waals surface area (Å²) in [6, 6.07) is 8.56. The quantitative estimate of drug-likeness (QED) is 0.883. The molecule has 2 aromatic rings. The molecule has 0 atom stereocenters. The van der Waals surface area contributed by atoms with E-state index in [4.69, 9.17) is 21.9 Å². The molecule has 0 spiro atoms. The maximum Gasteiger partial charge on any atom is 0.240 e. The second-order valence-corrected chi connectivity index (χ2v) is 5.51. The van der Waals surface area contributed by atoms with Crippen LogP contribution in [0.25, 0.3) is 0 Å². The van der Waals surface area contributed by atoms with E-state index in [0.717, 1.165) is 11.6 Å². The lowest BCUT2D eigenvalue weighted by molar-refractivity contribution is 0.235. The van der Waals surface area contributed by atoms with Crippen LogP contribution in [-0.2, 0) is 19.6 Å². The Morgan fingerprint density at radius 2 is 1.95 bits per heavy atom. The maximum absolute atomic E-state index is 5.91. The predicted molar refractivity (Wildman–Crippen MR) is 83.2 cm³/mol. The van der Waals surface area contributed by atoms with Crippen molar-refractivity contribution in [3.63, 3.8) is 0 Å². The Morgan fingerprint density at radius 1 is 1.24 bits per heavy atom. The minimum Gasteiger partial charge on any atom is -0.338 e. The van der Waals surface area contributed by atoms with E-state index >= 15 is 0 Å². The summed E-state index contributed by atoms with van der Waals surface area (Å²) >= 11 is 5.91. The fourth-order valence-electron chi connectivity index (χ4n) is 2.20. The molecule has 0 amide bonds. The fraction of sp³-hybridized carbons (Fsp3) is 0.429. The van der Waals surface area contributed by atoms with E-state index in [1.807, 2.05) is 12.1 Å². The van der Waals surface area contributed by atoms with Crippen LogP contribution in [0.5, 0.6) is 0 Å². The number of benzene rings is 1. The van der Waals surface area contributed by atoms with Gasteiger partial charge in [-0.25, -0.2) is 0 Å². The Kier molecular flexibility index (Phi) is 5.58. The summed E-state index contributed by atoms with van der Waals surface area (Å²) in [4.78, 5) is 6.64. The first-order valence-electron chi connectivity index (χ1n) is 6.74. The van der Waals surface area contributed by atoms with Crippen molar-refractivity contribution in [3.05, 3.63) is 46.6 Å². The van der Waals surface area contributed by atoms with E-state index in [0.29, 0.717) is 24.3 Å². The lowest BCUT2D eigenvalue weighted by atomic mass is 10.2. The van der Waals surface area contributed by atoms with Gasteiger partial charge in [0.2, 0.25) is 5.89 Å². The highest BCUT2D eigenvalue weighted by atomic mass is 35.5. The average Bonchev–Trinajstić information content (AvgIpc) is 3.21. The highest BCUT2D eigenvalue weighted by molar-refractivity contribution is 6.30. The van der Waals surface area contributed by atoms with Gasteiger partial charge in [0.25, 0.3) is 0 Å². The monoisotopic (exact) mass is 328 g/mol. The second-order valence-electron chi connectivity index (χ2n) is 5.07. The van der Waals surface area contributed by atoms with Crippen molar-refractivity contribution in [1.29, 1.82) is 0 Å². The van der Waals surface area contributed by atoms with Gasteiger partial charge < -0.3 is 10.3 Å². The molecular formula is C14H18Cl2N4O. The van der Waals surface area contributed by atoms with Gasteiger partial charge in [-0.1, -0.05) is 28.9 Å². The normalized spacial score (nSPS) is 14.2. The van der Waals surface area contributed by atoms with Gasteiger partial charge in [-0.05, 0) is 30.5 Å². The average molecular weight is 329 g/mol. The third-order valence-corrected chi connectivity index (χ3v) is 3.64. The topological polar surface area (TPSA) is 68.2 Å². The number of hydrogen-bond donors (Lipinski definition) is 1. The van der Waals surface area contributed by atoms with Gasteiger partial charge in [-0.2, -0.15) is 4.98 Å². The van der Waals surface area contributed by atoms with E-state index in [1.54, 1.807) is 0 Å². The molecule has 1 aliphatic carbocycles. The van der Waals surface area contributed by atoms with Crippen LogP contribution in [0.1, 0.15) is 30.1 Å². The molecule has 0 saturated heterocycles. The molecule has 2 N–H and O–H groups in total. The molecule has 0 bridgehead atoms. The molecule has 5 nitrogen and oxygen atoms in total. The SMILES string of the molecule is Cl.NCc1nc(CN(Cc2ccc(Cl)cc2)C2CC2)no1. The van der Waals surface area contributed by atoms with Gasteiger partial charge in [0.15, 0.2) is 5.82 Å². The number of aromatic nitrogens is 2. The molecule has 1 saturated carbocycles. The van der Waals surface area contributed by atoms with Gasteiger partial charge >= 0.3 is 0 Å². The Balaban J connectivity index is 0.00000161. The molecule has 0 aliphatic heterocycles. The van der Waals surface area contributed by atoms with Gasteiger partial charge in [-0.3, -0.25) is 4.90 Å². The molecule has 1 heterocycles. The summed E-state index contributed by atoms with van der Waals surface area (Å²) < 4.78 is 5.05. The first-order chi connectivity index (χ1) is 9.74. The zero-order valence-corrected chi connectivity index (χ0v) is 13.1. The summed E-state index contributed by atoms with van der Waals surface area (Å²) in [5.74, 6) is 1.19. The van der Waals surface area contributed by atoms with E-state index < -0.39 is 0 Å². The first-order valence-corrected chi connectivity index (χ1v) is 7.12. The zero-order chi connectivity index (χ0) is 13.9. The van der Waals surface area contributed by atoms with Crippen molar-refractivity contribution in [2.45, 2.75) is 38.5 Å². The van der Waals surface area contributed by atoms with Crippen molar-refractivity contribution < 1.29 is 4.52 Å². The van der Waals surface area contributed by atoms with E-state index in [9.17, 15) is 0 Å². The maximum atomic E-state index is 5.91. The van der Waals surface area contributed by atoms with Crippen molar-refractivity contribution in [2.75, 3.05) is 0 Å². The van der Waals surface area contributed by atoms with Gasteiger partial charge in [-0.15, -0.1) is 12.4 Å². The summed E-state index contributed by atoms with van der Waals surface area (Å²) in [5.41, 5.74) is 6.72. The molecule has 1 aromatic heterocycles. The fourth-order valence-corrected chi connectivity index (χ4v) is 2.32. The van der Waals surface area contributed by atoms with E-state index in [1.165, 1.54) is 18.4 Å². The van der Waals surface area contributed by atoms with Gasteiger partial charge in [0.05, 0.1) is 13.1 Å². The number of rotatable bonds is 6. The van der Waals surface area contributed by atoms with Crippen LogP contribution in [0.4, 0.5) is 0 Å². The number of nitrogens with two attached hydrogens (primary N) is 1. The Hall–Kier alpha value is -1.14. The Labute approximate surface area is 134 Å². The van der Waals surface area contributed by atoms with Crippen LogP contribution in [0.15, 0.2) is 28.8 Å². The smallest absolute Gasteiger partial charge is 0.240 e. The molecule has 7 heteroatoms. The summed E-state index contributed by atoms with van der Waals surface area (Å²) in [7, 11) is 0. The molecule has 3 rings (SSSR count). The molecule has 0 radical (unpaired) electrons. The lowest BCUT2D eigenvalue weighted by Gasteiger charge is -2.20. The Morgan fingerprint density at radius 3 is 2.52 bits per heavy atom. The molecule has 1 aromatic carbocycles. The van der Waals surface area contributed by atoms with Crippen molar-refractivity contribution in [2.24, 2.45) is 5.73 Å². The summed E-state index contributed by atoms with van der Waals surface area (Å²) in [6.07, 6.45) is 2.46. The summed E-state index contributed by atoms with van der Waals surface area (Å²) in [5, 5.41) is 4.73. The molecule has 1 fully saturated rings. The number of hydrogen-bond acceptors (Lipinski definition) is 5. The third-order valence-electron chi connectivity index (χ3n) is 3.39. The Bertz CT molecular complexity index is 569. The summed E-state index contributed by atoms with van der Waals surface area (Å²) in [6.45, 7) is 1.85. The highest BCUT2D eigenvalue weighted by Gasteiger charge is 2.30. The minimum absolute atomic E-state index is 0. The van der Waals surface area contributed by atoms with Crippen LogP contribution >= 0.6 is 24.0 Å². The molecule has 114 valence electrons. The van der Waals surface area contributed by atoms with Crippen molar-refractivity contribution in [1.82, 2.24) is 15.0 Å². The van der Waals surface area contributed by atoms with Crippen LogP contribution in [0, 0.1) is 0 Å². The van der Waals surface area contributed by atoms with Gasteiger partial charge in [0.1, 0.15) is 0 Å². The first kappa shape index (κ1) is 16.2. The van der Waals surface area contributed by atoms with Crippen molar-refractivity contribution >= 4 is 24.0 Å². The zero-order valence-electron chi connectivity index (χ0n) is 11.5. The van der Waals surface area contributed by atoms with Gasteiger partial charge in [0, 0.05) is 17.6 Å². The molecular weight excluding hydrogens is 311 g/mol. The van der Waals surface area contributed by atoms with Crippen LogP contribution in [-0.4, -0.2) is 21.1 Å². The largest absolute Gasteiger partial charge is 0.338 e.